The van der Waals surface area contributed by atoms with Crippen LogP contribution in [0.1, 0.15) is 23.1 Å². The third-order valence-electron chi connectivity index (χ3n) is 6.38. The summed E-state index contributed by atoms with van der Waals surface area (Å²) < 4.78 is 16.7. The molecule has 1 aliphatic heterocycles. The van der Waals surface area contributed by atoms with E-state index in [-0.39, 0.29) is 25.5 Å². The Bertz CT molecular complexity index is 1360. The third-order valence-corrected chi connectivity index (χ3v) is 6.38. The number of hydrogen-bond donors (Lipinski definition) is 3. The lowest BCUT2D eigenvalue weighted by Gasteiger charge is -2.24. The number of ether oxygens (including phenoxy) is 3. The predicted molar refractivity (Wildman–Crippen MR) is 151 cm³/mol. The summed E-state index contributed by atoms with van der Waals surface area (Å²) in [5.74, 6) is 1.41. The van der Waals surface area contributed by atoms with Crippen molar-refractivity contribution in [2.24, 2.45) is 10.1 Å². The van der Waals surface area contributed by atoms with Gasteiger partial charge in [-0.25, -0.2) is 10.4 Å². The second-order valence-corrected chi connectivity index (χ2v) is 9.16. The molecule has 0 saturated heterocycles. The van der Waals surface area contributed by atoms with Crippen LogP contribution < -0.4 is 20.3 Å². The monoisotopic (exact) mass is 544 g/mol. The van der Waals surface area contributed by atoms with Crippen molar-refractivity contribution in [1.29, 1.82) is 0 Å². The van der Waals surface area contributed by atoms with Gasteiger partial charge in [-0.3, -0.25) is 10.2 Å². The van der Waals surface area contributed by atoms with Gasteiger partial charge in [0, 0.05) is 42.2 Å². The third kappa shape index (κ3) is 7.29. The van der Waals surface area contributed by atoms with Gasteiger partial charge in [0.2, 0.25) is 5.90 Å². The van der Waals surface area contributed by atoms with Crippen LogP contribution in [0.2, 0.25) is 0 Å². The van der Waals surface area contributed by atoms with E-state index in [9.17, 15) is 4.79 Å². The molecular weight excluding hydrogens is 512 g/mol. The maximum absolute atomic E-state index is 13.6. The second-order valence-electron chi connectivity index (χ2n) is 9.16. The van der Waals surface area contributed by atoms with Gasteiger partial charge in [0.15, 0.2) is 5.54 Å². The standard InChI is InChI=1S/C29H32N6O5/c1-38-24-11-7-21(8-12-24)15-16-31-34-28(37)29(19-23-5-2-3-6-26(23)33-35-30)20-40-27(32-29)22-9-13-25(14-10-22)39-18-4-17-36/h2-3,5-14,31,36H,4,15-20H2,1H3,(H,34,37)/t29-/m0/s1. The number of nitrogens with one attached hydrogen (secondary N) is 2. The van der Waals surface area contributed by atoms with Gasteiger partial charge in [0.05, 0.1) is 13.7 Å². The van der Waals surface area contributed by atoms with Crippen molar-refractivity contribution in [3.05, 3.63) is 99.9 Å². The molecule has 3 N–H and O–H groups in total. The first kappa shape index (κ1) is 28.4. The minimum Gasteiger partial charge on any atom is -0.497 e. The number of amides is 1. The Labute approximate surface area is 232 Å². The van der Waals surface area contributed by atoms with Crippen LogP contribution in [-0.4, -0.2) is 55.9 Å². The number of aliphatic imine (C=N–C) groups is 1. The van der Waals surface area contributed by atoms with Crippen molar-refractivity contribution in [3.63, 3.8) is 0 Å². The van der Waals surface area contributed by atoms with Crippen molar-refractivity contribution in [1.82, 2.24) is 10.9 Å². The molecule has 4 rings (SSSR count). The van der Waals surface area contributed by atoms with Crippen LogP contribution in [0.25, 0.3) is 10.4 Å². The molecule has 0 aliphatic carbocycles. The summed E-state index contributed by atoms with van der Waals surface area (Å²) in [7, 11) is 1.62. The Hall–Kier alpha value is -4.57. The van der Waals surface area contributed by atoms with E-state index in [0.29, 0.717) is 54.5 Å². The molecule has 0 spiro atoms. The zero-order valence-electron chi connectivity index (χ0n) is 22.2. The number of rotatable bonds is 14. The van der Waals surface area contributed by atoms with Gasteiger partial charge in [0.25, 0.3) is 5.91 Å². The number of aliphatic hydroxyl groups is 1. The number of hydrogen-bond acceptors (Lipinski definition) is 8. The normalized spacial score (nSPS) is 15.9. The predicted octanol–water partition coefficient (Wildman–Crippen LogP) is 4.02. The van der Waals surface area contributed by atoms with Gasteiger partial charge in [-0.2, -0.15) is 0 Å². The molecule has 11 nitrogen and oxygen atoms in total. The van der Waals surface area contributed by atoms with E-state index in [1.165, 1.54) is 0 Å². The summed E-state index contributed by atoms with van der Waals surface area (Å²) in [6.07, 6.45) is 1.40. The van der Waals surface area contributed by atoms with Crippen molar-refractivity contribution in [2.75, 3.05) is 33.5 Å². The van der Waals surface area contributed by atoms with Crippen molar-refractivity contribution in [3.8, 4) is 11.5 Å². The molecule has 1 heterocycles. The van der Waals surface area contributed by atoms with Crippen LogP contribution in [0.15, 0.2) is 82.9 Å². The topological polar surface area (TPSA) is 150 Å². The van der Waals surface area contributed by atoms with Gasteiger partial charge >= 0.3 is 0 Å². The van der Waals surface area contributed by atoms with E-state index >= 15 is 0 Å². The number of carbonyl (C=O) groups excluding carboxylic acids is 1. The van der Waals surface area contributed by atoms with Crippen LogP contribution in [-0.2, 0) is 22.4 Å². The molecule has 0 fully saturated rings. The first-order chi connectivity index (χ1) is 19.6. The zero-order valence-corrected chi connectivity index (χ0v) is 22.2. The smallest absolute Gasteiger partial charge is 0.266 e. The summed E-state index contributed by atoms with van der Waals surface area (Å²) in [5.41, 5.74) is 16.4. The Kier molecular flexibility index (Phi) is 9.95. The van der Waals surface area contributed by atoms with Crippen molar-refractivity contribution in [2.45, 2.75) is 24.8 Å². The highest BCUT2D eigenvalue weighted by molar-refractivity contribution is 6.00. The minimum atomic E-state index is -1.29. The molecule has 40 heavy (non-hydrogen) atoms. The van der Waals surface area contributed by atoms with E-state index in [0.717, 1.165) is 11.3 Å². The molecule has 3 aromatic carbocycles. The first-order valence-corrected chi connectivity index (χ1v) is 12.9. The SMILES string of the molecule is COc1ccc(CCNNC(=O)[C@]2(Cc3ccccc3N=[N+]=[N-])COC(c3ccc(OCCCO)cc3)=N2)cc1. The molecule has 3 aromatic rings. The number of nitrogens with zero attached hydrogens (tertiary/aromatic N) is 4. The number of azide groups is 1. The maximum atomic E-state index is 13.6. The number of hydrazine groups is 1. The fraction of sp³-hybridized carbons (Fsp3) is 0.310. The molecule has 1 amide bonds. The molecule has 0 radical (unpaired) electrons. The van der Waals surface area contributed by atoms with Crippen LogP contribution in [0.3, 0.4) is 0 Å². The molecule has 11 heteroatoms. The largest absolute Gasteiger partial charge is 0.497 e. The Balaban J connectivity index is 1.50. The van der Waals surface area contributed by atoms with Gasteiger partial charge in [-0.15, -0.1) is 0 Å². The molecule has 1 atom stereocenters. The summed E-state index contributed by atoms with van der Waals surface area (Å²) in [6.45, 7) is 0.977. The van der Waals surface area contributed by atoms with Crippen molar-refractivity contribution >= 4 is 17.5 Å². The quantitative estimate of drug-likeness (QED) is 0.0917. The molecule has 0 bridgehead atoms. The maximum Gasteiger partial charge on any atom is 0.266 e. The Morgan fingerprint density at radius 2 is 1.88 bits per heavy atom. The number of aliphatic hydroxyl groups excluding tert-OH is 1. The first-order valence-electron chi connectivity index (χ1n) is 12.9. The highest BCUT2D eigenvalue weighted by atomic mass is 16.5. The molecule has 0 aromatic heterocycles. The van der Waals surface area contributed by atoms with E-state index in [1.807, 2.05) is 48.5 Å². The van der Waals surface area contributed by atoms with Crippen LogP contribution in [0.5, 0.6) is 11.5 Å². The lowest BCUT2D eigenvalue weighted by Crippen LogP contribution is -2.53. The second kappa shape index (κ2) is 14.0. The Morgan fingerprint density at radius 3 is 2.60 bits per heavy atom. The average Bonchev–Trinajstić information content (AvgIpc) is 3.42. The number of benzene rings is 3. The average molecular weight is 545 g/mol. The Morgan fingerprint density at radius 1 is 1.12 bits per heavy atom. The van der Waals surface area contributed by atoms with Crippen LogP contribution >= 0.6 is 0 Å². The van der Waals surface area contributed by atoms with Gasteiger partial charge in [0.1, 0.15) is 18.1 Å². The van der Waals surface area contributed by atoms with E-state index < -0.39 is 5.54 Å². The van der Waals surface area contributed by atoms with E-state index in [2.05, 4.69) is 20.9 Å². The van der Waals surface area contributed by atoms with Gasteiger partial charge < -0.3 is 19.3 Å². The highest BCUT2D eigenvalue weighted by Crippen LogP contribution is 2.31. The minimum absolute atomic E-state index is 0.00762. The summed E-state index contributed by atoms with van der Waals surface area (Å²) >= 11 is 0. The summed E-state index contributed by atoms with van der Waals surface area (Å²) in [6, 6.07) is 22.0. The van der Waals surface area contributed by atoms with Crippen LogP contribution in [0, 0.1) is 0 Å². The van der Waals surface area contributed by atoms with Crippen molar-refractivity contribution < 1.29 is 24.1 Å². The lowest BCUT2D eigenvalue weighted by atomic mass is 9.91. The van der Waals surface area contributed by atoms with Gasteiger partial charge in [-0.05, 0) is 59.5 Å². The molecule has 1 aliphatic rings. The molecular formula is C29H32N6O5. The fourth-order valence-corrected chi connectivity index (χ4v) is 4.21. The molecule has 0 saturated carbocycles. The van der Waals surface area contributed by atoms with E-state index in [1.54, 1.807) is 31.4 Å². The number of carbonyl (C=O) groups is 1. The zero-order chi connectivity index (χ0) is 28.2. The summed E-state index contributed by atoms with van der Waals surface area (Å²) in [4.78, 5) is 21.3. The van der Waals surface area contributed by atoms with E-state index in [4.69, 9.17) is 29.8 Å². The fourth-order valence-electron chi connectivity index (χ4n) is 4.21. The number of methoxy groups -OCH3 is 1. The lowest BCUT2D eigenvalue weighted by molar-refractivity contribution is -0.127. The highest BCUT2D eigenvalue weighted by Gasteiger charge is 2.45. The molecule has 208 valence electrons. The van der Waals surface area contributed by atoms with Crippen LogP contribution in [0.4, 0.5) is 5.69 Å². The molecule has 0 unspecified atom stereocenters. The summed E-state index contributed by atoms with van der Waals surface area (Å²) in [5, 5.41) is 12.7. The van der Waals surface area contributed by atoms with Gasteiger partial charge in [-0.1, -0.05) is 41.5 Å².